The highest BCUT2D eigenvalue weighted by Crippen LogP contribution is 2.33. The Morgan fingerprint density at radius 1 is 0.909 bits per heavy atom. The predicted octanol–water partition coefficient (Wildman–Crippen LogP) is 3.47. The van der Waals surface area contributed by atoms with Gasteiger partial charge in [0.1, 0.15) is 5.71 Å². The van der Waals surface area contributed by atoms with Gasteiger partial charge in [0.25, 0.3) is 0 Å². The van der Waals surface area contributed by atoms with Crippen LogP contribution < -0.4 is 9.47 Å². The molecular formula is C18H18N2O2. The van der Waals surface area contributed by atoms with E-state index in [1.54, 1.807) is 14.2 Å². The third-order valence-corrected chi connectivity index (χ3v) is 3.68. The standard InChI is InChI=1S/C18H18N2O2/c1-12-9-14-10-16(21-2)17(22-3)11-15(14)18(20-19-12)13-7-5-4-6-8-13/h4-8,10-11H,9H2,1-3H3. The molecule has 0 fully saturated rings. The van der Waals surface area contributed by atoms with Crippen molar-refractivity contribution in [2.45, 2.75) is 13.3 Å². The van der Waals surface area contributed by atoms with Gasteiger partial charge in [0.2, 0.25) is 0 Å². The molecule has 0 atom stereocenters. The molecule has 1 aliphatic heterocycles. The summed E-state index contributed by atoms with van der Waals surface area (Å²) in [6.07, 6.45) is 0.746. The molecule has 0 aliphatic carbocycles. The van der Waals surface area contributed by atoms with Crippen molar-refractivity contribution in [1.29, 1.82) is 0 Å². The van der Waals surface area contributed by atoms with E-state index in [0.29, 0.717) is 5.75 Å². The van der Waals surface area contributed by atoms with Crippen molar-refractivity contribution >= 4 is 11.4 Å². The first-order valence-corrected chi connectivity index (χ1v) is 7.14. The quantitative estimate of drug-likeness (QED) is 0.870. The second-order valence-corrected chi connectivity index (χ2v) is 5.19. The third-order valence-electron chi connectivity index (χ3n) is 3.68. The van der Waals surface area contributed by atoms with Crippen LogP contribution in [-0.4, -0.2) is 25.6 Å². The third kappa shape index (κ3) is 2.60. The second kappa shape index (κ2) is 6.02. The Morgan fingerprint density at radius 3 is 2.27 bits per heavy atom. The van der Waals surface area contributed by atoms with Crippen LogP contribution in [0.25, 0.3) is 0 Å². The summed E-state index contributed by atoms with van der Waals surface area (Å²) in [5.74, 6) is 1.42. The lowest BCUT2D eigenvalue weighted by atomic mass is 9.94. The van der Waals surface area contributed by atoms with E-state index in [0.717, 1.165) is 40.3 Å². The normalized spacial score (nSPS) is 13.6. The highest BCUT2D eigenvalue weighted by atomic mass is 16.5. The molecule has 0 saturated carbocycles. The Balaban J connectivity index is 2.22. The van der Waals surface area contributed by atoms with Crippen LogP contribution in [0.4, 0.5) is 0 Å². The van der Waals surface area contributed by atoms with Crippen molar-refractivity contribution in [3.8, 4) is 11.5 Å². The molecule has 112 valence electrons. The number of hydrogen-bond acceptors (Lipinski definition) is 4. The molecule has 0 N–H and O–H groups in total. The molecule has 0 bridgehead atoms. The molecule has 4 heteroatoms. The Kier molecular flexibility index (Phi) is 3.92. The van der Waals surface area contributed by atoms with Crippen molar-refractivity contribution in [2.24, 2.45) is 10.2 Å². The van der Waals surface area contributed by atoms with Gasteiger partial charge in [-0.05, 0) is 24.6 Å². The van der Waals surface area contributed by atoms with E-state index in [1.807, 2.05) is 49.4 Å². The summed E-state index contributed by atoms with van der Waals surface area (Å²) in [5, 5.41) is 8.79. The fourth-order valence-electron chi connectivity index (χ4n) is 2.60. The van der Waals surface area contributed by atoms with Gasteiger partial charge in [0.15, 0.2) is 11.5 Å². The van der Waals surface area contributed by atoms with Gasteiger partial charge in [-0.3, -0.25) is 0 Å². The monoisotopic (exact) mass is 294 g/mol. The minimum atomic E-state index is 0.699. The number of fused-ring (bicyclic) bond motifs is 1. The number of ether oxygens (including phenoxy) is 2. The van der Waals surface area contributed by atoms with E-state index in [4.69, 9.17) is 9.47 Å². The highest BCUT2D eigenvalue weighted by molar-refractivity contribution is 6.15. The lowest BCUT2D eigenvalue weighted by Gasteiger charge is -2.14. The maximum atomic E-state index is 5.44. The SMILES string of the molecule is COc1cc2c(cc1OC)C(c1ccccc1)=NN=C(C)C2. The van der Waals surface area contributed by atoms with Crippen LogP contribution in [-0.2, 0) is 6.42 Å². The average molecular weight is 294 g/mol. The number of methoxy groups -OCH3 is 2. The van der Waals surface area contributed by atoms with Crippen LogP contribution in [0.1, 0.15) is 23.6 Å². The van der Waals surface area contributed by atoms with Gasteiger partial charge in [-0.2, -0.15) is 5.10 Å². The van der Waals surface area contributed by atoms with Gasteiger partial charge in [0.05, 0.1) is 14.2 Å². The van der Waals surface area contributed by atoms with Crippen LogP contribution in [0.5, 0.6) is 11.5 Å². The molecule has 1 aliphatic rings. The fourth-order valence-corrected chi connectivity index (χ4v) is 2.60. The lowest BCUT2D eigenvalue weighted by molar-refractivity contribution is 0.354. The van der Waals surface area contributed by atoms with Crippen molar-refractivity contribution in [1.82, 2.24) is 0 Å². The first-order chi connectivity index (χ1) is 10.7. The summed E-state index contributed by atoms with van der Waals surface area (Å²) in [6, 6.07) is 14.1. The zero-order chi connectivity index (χ0) is 15.5. The largest absolute Gasteiger partial charge is 0.493 e. The first kappa shape index (κ1) is 14.3. The second-order valence-electron chi connectivity index (χ2n) is 5.19. The molecule has 3 rings (SSSR count). The van der Waals surface area contributed by atoms with Crippen LogP contribution in [0.15, 0.2) is 52.7 Å². The topological polar surface area (TPSA) is 43.2 Å². The Morgan fingerprint density at radius 2 is 1.59 bits per heavy atom. The van der Waals surface area contributed by atoms with E-state index < -0.39 is 0 Å². The zero-order valence-corrected chi connectivity index (χ0v) is 13.0. The highest BCUT2D eigenvalue weighted by Gasteiger charge is 2.19. The molecule has 0 spiro atoms. The van der Waals surface area contributed by atoms with Gasteiger partial charge >= 0.3 is 0 Å². The molecule has 0 aromatic heterocycles. The van der Waals surface area contributed by atoms with E-state index >= 15 is 0 Å². The van der Waals surface area contributed by atoms with Crippen LogP contribution in [0, 0.1) is 0 Å². The van der Waals surface area contributed by atoms with Crippen LogP contribution >= 0.6 is 0 Å². The van der Waals surface area contributed by atoms with E-state index in [9.17, 15) is 0 Å². The molecule has 0 radical (unpaired) electrons. The van der Waals surface area contributed by atoms with Crippen molar-refractivity contribution in [3.05, 3.63) is 59.2 Å². The number of benzene rings is 2. The molecule has 22 heavy (non-hydrogen) atoms. The van der Waals surface area contributed by atoms with Crippen LogP contribution in [0.3, 0.4) is 0 Å². The fraction of sp³-hybridized carbons (Fsp3) is 0.222. The van der Waals surface area contributed by atoms with E-state index in [1.165, 1.54) is 0 Å². The van der Waals surface area contributed by atoms with Gasteiger partial charge in [0, 0.05) is 23.3 Å². The van der Waals surface area contributed by atoms with Crippen molar-refractivity contribution < 1.29 is 9.47 Å². The molecule has 2 aromatic rings. The van der Waals surface area contributed by atoms with Crippen molar-refractivity contribution in [2.75, 3.05) is 14.2 Å². The van der Waals surface area contributed by atoms with Gasteiger partial charge in [-0.25, -0.2) is 0 Å². The summed E-state index contributed by atoms with van der Waals surface area (Å²) < 4.78 is 10.9. The zero-order valence-electron chi connectivity index (χ0n) is 13.0. The summed E-state index contributed by atoms with van der Waals surface area (Å²) in [5.41, 5.74) is 5.03. The number of rotatable bonds is 3. The molecule has 0 saturated heterocycles. The lowest BCUT2D eigenvalue weighted by Crippen LogP contribution is -2.08. The predicted molar refractivity (Wildman–Crippen MR) is 88.4 cm³/mol. The molecule has 1 heterocycles. The van der Waals surface area contributed by atoms with Gasteiger partial charge in [-0.1, -0.05) is 30.3 Å². The minimum Gasteiger partial charge on any atom is -0.493 e. The Labute approximate surface area is 130 Å². The Hall–Kier alpha value is -2.62. The molecule has 0 unspecified atom stereocenters. The van der Waals surface area contributed by atoms with Crippen molar-refractivity contribution in [3.63, 3.8) is 0 Å². The molecular weight excluding hydrogens is 276 g/mol. The average Bonchev–Trinajstić information content (AvgIpc) is 2.72. The first-order valence-electron chi connectivity index (χ1n) is 7.14. The minimum absolute atomic E-state index is 0.699. The van der Waals surface area contributed by atoms with E-state index in [2.05, 4.69) is 10.2 Å². The maximum Gasteiger partial charge on any atom is 0.161 e. The van der Waals surface area contributed by atoms with Gasteiger partial charge < -0.3 is 9.47 Å². The van der Waals surface area contributed by atoms with Gasteiger partial charge in [-0.15, -0.1) is 5.10 Å². The number of nitrogens with zero attached hydrogens (tertiary/aromatic N) is 2. The summed E-state index contributed by atoms with van der Waals surface area (Å²) in [6.45, 7) is 1.98. The van der Waals surface area contributed by atoms with Crippen LogP contribution in [0.2, 0.25) is 0 Å². The van der Waals surface area contributed by atoms with E-state index in [-0.39, 0.29) is 0 Å². The summed E-state index contributed by atoms with van der Waals surface area (Å²) in [4.78, 5) is 0. The smallest absolute Gasteiger partial charge is 0.161 e. The number of hydrogen-bond donors (Lipinski definition) is 0. The molecule has 0 amide bonds. The Bertz CT molecular complexity index is 749. The maximum absolute atomic E-state index is 5.44. The molecule has 4 nitrogen and oxygen atoms in total. The summed E-state index contributed by atoms with van der Waals surface area (Å²) >= 11 is 0. The molecule has 2 aromatic carbocycles. The summed E-state index contributed by atoms with van der Waals surface area (Å²) in [7, 11) is 3.29.